The highest BCUT2D eigenvalue weighted by molar-refractivity contribution is 7.09. The van der Waals surface area contributed by atoms with Gasteiger partial charge in [-0.15, -0.1) is 11.3 Å². The predicted molar refractivity (Wildman–Crippen MR) is 94.2 cm³/mol. The molecule has 122 valence electrons. The number of nitrogens with two attached hydrogens (primary N) is 1. The minimum Gasteiger partial charge on any atom is -0.366 e. The quantitative estimate of drug-likeness (QED) is 0.848. The molecule has 3 N–H and O–H groups in total. The molecular formula is C17H22N4OS. The van der Waals surface area contributed by atoms with E-state index in [2.05, 4.69) is 46.4 Å². The minimum absolute atomic E-state index is 0.108. The highest BCUT2D eigenvalue weighted by Gasteiger charge is 2.23. The van der Waals surface area contributed by atoms with Gasteiger partial charge in [0.05, 0.1) is 5.01 Å². The molecule has 1 atom stereocenters. The molecule has 0 saturated heterocycles. The summed E-state index contributed by atoms with van der Waals surface area (Å²) in [5.41, 5.74) is 8.68. The van der Waals surface area contributed by atoms with Crippen molar-refractivity contribution < 1.29 is 4.79 Å². The van der Waals surface area contributed by atoms with Crippen molar-refractivity contribution in [3.8, 4) is 0 Å². The highest BCUT2D eigenvalue weighted by atomic mass is 32.1. The molecule has 2 aromatic rings. The van der Waals surface area contributed by atoms with Gasteiger partial charge in [0.1, 0.15) is 5.69 Å². The number of anilines is 1. The zero-order chi connectivity index (χ0) is 16.2. The summed E-state index contributed by atoms with van der Waals surface area (Å²) >= 11 is 1.49. The van der Waals surface area contributed by atoms with Gasteiger partial charge in [-0.05, 0) is 31.5 Å². The lowest BCUT2D eigenvalue weighted by atomic mass is 10.2. The van der Waals surface area contributed by atoms with E-state index in [1.54, 1.807) is 5.38 Å². The van der Waals surface area contributed by atoms with Crippen LogP contribution in [-0.2, 0) is 12.8 Å². The zero-order valence-electron chi connectivity index (χ0n) is 13.3. The fourth-order valence-corrected chi connectivity index (χ4v) is 3.71. The molecule has 0 radical (unpaired) electrons. The average molecular weight is 330 g/mol. The van der Waals surface area contributed by atoms with E-state index in [0.29, 0.717) is 18.8 Å². The Morgan fingerprint density at radius 2 is 2.30 bits per heavy atom. The van der Waals surface area contributed by atoms with E-state index in [9.17, 15) is 4.79 Å². The molecule has 0 bridgehead atoms. The number of nitrogens with one attached hydrogen (secondary N) is 1. The number of carbonyl (C=O) groups is 1. The molecule has 1 aromatic carbocycles. The number of hydrogen-bond acceptors (Lipinski definition) is 5. The third kappa shape index (κ3) is 3.54. The molecular weight excluding hydrogens is 308 g/mol. The van der Waals surface area contributed by atoms with Gasteiger partial charge in [-0.3, -0.25) is 4.79 Å². The second-order valence-corrected chi connectivity index (χ2v) is 6.74. The Balaban J connectivity index is 1.56. The number of amides is 1. The molecule has 1 amide bonds. The van der Waals surface area contributed by atoms with E-state index in [4.69, 9.17) is 5.73 Å². The summed E-state index contributed by atoms with van der Waals surface area (Å²) in [7, 11) is 0. The maximum Gasteiger partial charge on any atom is 0.270 e. The number of hydrogen-bond donors (Lipinski definition) is 2. The standard InChI is InChI=1S/C17H22N4OS/c1-12(21-9-7-13-4-2-3-5-15(13)21)10-19-17(22)14-11-23-16(20-14)6-8-18/h2-5,11-12H,6-10,18H2,1H3,(H,19,22). The zero-order valence-corrected chi connectivity index (χ0v) is 14.1. The van der Waals surface area contributed by atoms with Crippen LogP contribution in [-0.4, -0.2) is 36.6 Å². The molecule has 1 aliphatic heterocycles. The van der Waals surface area contributed by atoms with E-state index in [-0.39, 0.29) is 11.9 Å². The number of rotatable bonds is 6. The van der Waals surface area contributed by atoms with Crippen molar-refractivity contribution in [2.45, 2.75) is 25.8 Å². The van der Waals surface area contributed by atoms with Crippen LogP contribution < -0.4 is 16.0 Å². The summed E-state index contributed by atoms with van der Waals surface area (Å²) in [5.74, 6) is -0.108. The SMILES string of the molecule is CC(CNC(=O)c1csc(CCN)n1)N1CCc2ccccc21. The maximum absolute atomic E-state index is 12.2. The number of nitrogens with zero attached hydrogens (tertiary/aromatic N) is 2. The topological polar surface area (TPSA) is 71.2 Å². The van der Waals surface area contributed by atoms with Crippen LogP contribution in [0.25, 0.3) is 0 Å². The number of carbonyl (C=O) groups excluding carboxylic acids is 1. The predicted octanol–water partition coefficient (Wildman–Crippen LogP) is 1.83. The molecule has 0 fully saturated rings. The van der Waals surface area contributed by atoms with Gasteiger partial charge in [-0.1, -0.05) is 18.2 Å². The van der Waals surface area contributed by atoms with Crippen molar-refractivity contribution in [3.63, 3.8) is 0 Å². The second-order valence-electron chi connectivity index (χ2n) is 5.80. The smallest absolute Gasteiger partial charge is 0.270 e. The Morgan fingerprint density at radius 3 is 3.13 bits per heavy atom. The first-order valence-corrected chi connectivity index (χ1v) is 8.84. The lowest BCUT2D eigenvalue weighted by molar-refractivity contribution is 0.0947. The Bertz CT molecular complexity index is 685. The molecule has 1 aromatic heterocycles. The Labute approximate surface area is 140 Å². The van der Waals surface area contributed by atoms with Crippen molar-refractivity contribution in [3.05, 3.63) is 45.9 Å². The first-order chi connectivity index (χ1) is 11.2. The van der Waals surface area contributed by atoms with Gasteiger partial charge in [0.25, 0.3) is 5.91 Å². The fourth-order valence-electron chi connectivity index (χ4n) is 2.92. The molecule has 23 heavy (non-hydrogen) atoms. The lowest BCUT2D eigenvalue weighted by Gasteiger charge is -2.27. The summed E-state index contributed by atoms with van der Waals surface area (Å²) in [6.45, 7) is 4.31. The minimum atomic E-state index is -0.108. The number of para-hydroxylation sites is 1. The summed E-state index contributed by atoms with van der Waals surface area (Å²) in [6.07, 6.45) is 1.79. The second kappa shape index (κ2) is 7.10. The van der Waals surface area contributed by atoms with Crippen molar-refractivity contribution >= 4 is 22.9 Å². The van der Waals surface area contributed by atoms with E-state index < -0.39 is 0 Å². The van der Waals surface area contributed by atoms with Crippen molar-refractivity contribution in [2.24, 2.45) is 5.73 Å². The van der Waals surface area contributed by atoms with Crippen LogP contribution >= 0.6 is 11.3 Å². The van der Waals surface area contributed by atoms with Gasteiger partial charge in [-0.2, -0.15) is 0 Å². The largest absolute Gasteiger partial charge is 0.366 e. The monoisotopic (exact) mass is 330 g/mol. The van der Waals surface area contributed by atoms with Crippen LogP contribution in [0.2, 0.25) is 0 Å². The lowest BCUT2D eigenvalue weighted by Crippen LogP contribution is -2.41. The van der Waals surface area contributed by atoms with Crippen molar-refractivity contribution in [1.82, 2.24) is 10.3 Å². The number of fused-ring (bicyclic) bond motifs is 1. The third-order valence-electron chi connectivity index (χ3n) is 4.16. The van der Waals surface area contributed by atoms with Gasteiger partial charge < -0.3 is 16.0 Å². The molecule has 0 aliphatic carbocycles. The van der Waals surface area contributed by atoms with Crippen molar-refractivity contribution in [2.75, 3.05) is 24.5 Å². The summed E-state index contributed by atoms with van der Waals surface area (Å²) < 4.78 is 0. The van der Waals surface area contributed by atoms with Crippen molar-refractivity contribution in [1.29, 1.82) is 0 Å². The van der Waals surface area contributed by atoms with Gasteiger partial charge >= 0.3 is 0 Å². The summed E-state index contributed by atoms with van der Waals surface area (Å²) in [6, 6.07) is 8.73. The molecule has 1 unspecified atom stereocenters. The molecule has 2 heterocycles. The average Bonchev–Trinajstić information content (AvgIpc) is 3.19. The fraction of sp³-hybridized carbons (Fsp3) is 0.412. The van der Waals surface area contributed by atoms with E-state index >= 15 is 0 Å². The van der Waals surface area contributed by atoms with Gasteiger partial charge in [0, 0.05) is 36.6 Å². The molecule has 3 rings (SSSR count). The third-order valence-corrected chi connectivity index (χ3v) is 5.06. The van der Waals surface area contributed by atoms with E-state index in [1.165, 1.54) is 22.6 Å². The van der Waals surface area contributed by atoms with Gasteiger partial charge in [-0.25, -0.2) is 4.98 Å². The first kappa shape index (κ1) is 16.0. The number of aromatic nitrogens is 1. The normalized spacial score (nSPS) is 14.6. The van der Waals surface area contributed by atoms with Crippen LogP contribution in [0.4, 0.5) is 5.69 Å². The molecule has 6 heteroatoms. The number of thiazole rings is 1. The Kier molecular flexibility index (Phi) is 4.93. The van der Waals surface area contributed by atoms with Gasteiger partial charge in [0.15, 0.2) is 0 Å². The Hall–Kier alpha value is -1.92. The molecule has 1 aliphatic rings. The summed E-state index contributed by atoms with van der Waals surface area (Å²) in [5, 5.41) is 5.71. The Morgan fingerprint density at radius 1 is 1.48 bits per heavy atom. The van der Waals surface area contributed by atoms with Crippen LogP contribution in [0.3, 0.4) is 0 Å². The van der Waals surface area contributed by atoms with Crippen LogP contribution in [0, 0.1) is 0 Å². The maximum atomic E-state index is 12.2. The summed E-state index contributed by atoms with van der Waals surface area (Å²) in [4.78, 5) is 18.9. The molecule has 0 saturated carbocycles. The van der Waals surface area contributed by atoms with E-state index in [0.717, 1.165) is 24.4 Å². The molecule has 5 nitrogen and oxygen atoms in total. The first-order valence-electron chi connectivity index (χ1n) is 7.96. The van der Waals surface area contributed by atoms with Crippen LogP contribution in [0.15, 0.2) is 29.6 Å². The van der Waals surface area contributed by atoms with Crippen LogP contribution in [0.1, 0.15) is 28.0 Å². The van der Waals surface area contributed by atoms with E-state index in [1.807, 2.05) is 0 Å². The van der Waals surface area contributed by atoms with Gasteiger partial charge in [0.2, 0.25) is 0 Å². The highest BCUT2D eigenvalue weighted by Crippen LogP contribution is 2.28. The van der Waals surface area contributed by atoms with Crippen LogP contribution in [0.5, 0.6) is 0 Å². The molecule has 0 spiro atoms. The number of benzene rings is 1.